The molecular weight excluding hydrogens is 372 g/mol. The second-order valence-electron chi connectivity index (χ2n) is 7.86. The van der Waals surface area contributed by atoms with Gasteiger partial charge in [0.2, 0.25) is 5.91 Å². The van der Waals surface area contributed by atoms with Gasteiger partial charge in [-0.3, -0.25) is 4.79 Å². The van der Waals surface area contributed by atoms with E-state index >= 15 is 0 Å². The third kappa shape index (κ3) is 3.69. The molecule has 1 aliphatic carbocycles. The predicted octanol–water partition coefficient (Wildman–Crippen LogP) is 3.47. The monoisotopic (exact) mass is 400 g/mol. The van der Waals surface area contributed by atoms with Gasteiger partial charge in [0, 0.05) is 12.5 Å². The summed E-state index contributed by atoms with van der Waals surface area (Å²) in [6.45, 7) is 4.03. The Hall–Kier alpha value is -1.88. The first-order chi connectivity index (χ1) is 13.1. The molecule has 2 atom stereocenters. The van der Waals surface area contributed by atoms with Gasteiger partial charge in [0.05, 0.1) is 18.6 Å². The van der Waals surface area contributed by atoms with Crippen molar-refractivity contribution in [1.29, 1.82) is 0 Å². The lowest BCUT2D eigenvalue weighted by Crippen LogP contribution is -2.49. The molecule has 2 aromatic rings. The number of hydrogen-bond donors (Lipinski definition) is 2. The fourth-order valence-electron chi connectivity index (χ4n) is 4.91. The number of hydrogen-bond acceptors (Lipinski definition) is 3. The average molecular weight is 401 g/mol. The molecule has 2 N–H and O–H groups in total. The molecule has 1 fully saturated rings. The maximum atomic E-state index is 12.8. The number of fused-ring (bicyclic) bond motifs is 2. The number of carbonyl (C=O) groups is 1. The zero-order chi connectivity index (χ0) is 18.9. The number of ether oxygens (including phenoxy) is 1. The van der Waals surface area contributed by atoms with Gasteiger partial charge in [-0.15, -0.1) is 12.4 Å². The van der Waals surface area contributed by atoms with Crippen LogP contribution < -0.4 is 10.6 Å². The van der Waals surface area contributed by atoms with Gasteiger partial charge in [-0.05, 0) is 49.5 Å². The summed E-state index contributed by atoms with van der Waals surface area (Å²) in [4.78, 5) is 12.8. The van der Waals surface area contributed by atoms with E-state index in [9.17, 15) is 4.79 Å². The Balaban J connectivity index is 0.00000225. The number of aryl methyl sites for hydroxylation is 1. The van der Waals surface area contributed by atoms with Gasteiger partial charge in [0.15, 0.2) is 0 Å². The first-order valence-electron chi connectivity index (χ1n) is 9.82. The van der Waals surface area contributed by atoms with E-state index in [-0.39, 0.29) is 35.9 Å². The highest BCUT2D eigenvalue weighted by atomic mass is 35.5. The van der Waals surface area contributed by atoms with Crippen LogP contribution in [0.15, 0.2) is 48.5 Å². The molecule has 0 radical (unpaired) electrons. The lowest BCUT2D eigenvalue weighted by molar-refractivity contribution is -0.122. The third-order valence-corrected chi connectivity index (χ3v) is 6.23. The lowest BCUT2D eigenvalue weighted by atomic mass is 9.72. The van der Waals surface area contributed by atoms with E-state index in [0.29, 0.717) is 6.42 Å². The summed E-state index contributed by atoms with van der Waals surface area (Å²) in [5, 5.41) is 6.75. The summed E-state index contributed by atoms with van der Waals surface area (Å²) >= 11 is 0. The molecule has 1 saturated heterocycles. The number of carbonyl (C=O) groups excluding carboxylic acids is 1. The maximum absolute atomic E-state index is 12.8. The molecule has 4 rings (SSSR count). The molecule has 150 valence electrons. The summed E-state index contributed by atoms with van der Waals surface area (Å²) in [5.41, 5.74) is 4.78. The molecule has 0 saturated carbocycles. The predicted molar refractivity (Wildman–Crippen MR) is 114 cm³/mol. The van der Waals surface area contributed by atoms with Crippen molar-refractivity contribution in [3.63, 3.8) is 0 Å². The van der Waals surface area contributed by atoms with Crippen LogP contribution in [0, 0.1) is 6.92 Å². The zero-order valence-electron chi connectivity index (χ0n) is 16.5. The Morgan fingerprint density at radius 2 is 1.82 bits per heavy atom. The fraction of sp³-hybridized carbons (Fsp3) is 0.435. The van der Waals surface area contributed by atoms with Crippen molar-refractivity contribution in [1.82, 2.24) is 10.6 Å². The molecule has 2 aliphatic rings. The number of piperidine rings is 1. The van der Waals surface area contributed by atoms with Crippen LogP contribution in [0.2, 0.25) is 0 Å². The second kappa shape index (κ2) is 8.64. The first-order valence-corrected chi connectivity index (χ1v) is 9.82. The van der Waals surface area contributed by atoms with Crippen molar-refractivity contribution in [3.05, 3.63) is 70.8 Å². The van der Waals surface area contributed by atoms with Gasteiger partial charge in [-0.1, -0.05) is 54.1 Å². The van der Waals surface area contributed by atoms with Gasteiger partial charge < -0.3 is 15.4 Å². The average Bonchev–Trinajstić information content (AvgIpc) is 2.93. The Morgan fingerprint density at radius 1 is 1.14 bits per heavy atom. The molecule has 1 aliphatic heterocycles. The molecule has 28 heavy (non-hydrogen) atoms. The van der Waals surface area contributed by atoms with Crippen molar-refractivity contribution in [2.75, 3.05) is 20.2 Å². The number of amides is 1. The summed E-state index contributed by atoms with van der Waals surface area (Å²) in [5.74, 6) is 0.0479. The number of halogens is 1. The highest BCUT2D eigenvalue weighted by Crippen LogP contribution is 2.51. The van der Waals surface area contributed by atoms with E-state index in [1.54, 1.807) is 7.11 Å². The molecule has 2 aromatic carbocycles. The molecule has 0 unspecified atom stereocenters. The van der Waals surface area contributed by atoms with Crippen LogP contribution in [0.25, 0.3) is 0 Å². The van der Waals surface area contributed by atoms with Gasteiger partial charge >= 0.3 is 0 Å². The molecule has 1 amide bonds. The molecule has 1 heterocycles. The molecular formula is C23H29ClN2O2. The molecule has 0 aromatic heterocycles. The van der Waals surface area contributed by atoms with Gasteiger partial charge in [0.1, 0.15) is 0 Å². The Labute approximate surface area is 173 Å². The standard InChI is InChI=1S/C23H28N2O2.ClH/c1-16-7-9-17(10-8-16)15-20(26)25-21-18-5-3-4-6-19(18)23(22(21)27-2)11-13-24-14-12-23;/h3-10,21-22,24H,11-15H2,1-2H3,(H,25,26);1H/t21-,22+;/m1./s1. The number of nitrogens with one attached hydrogen (secondary N) is 2. The van der Waals surface area contributed by atoms with Crippen LogP contribution in [-0.4, -0.2) is 32.2 Å². The third-order valence-electron chi connectivity index (χ3n) is 6.23. The van der Waals surface area contributed by atoms with Crippen molar-refractivity contribution in [2.24, 2.45) is 0 Å². The van der Waals surface area contributed by atoms with Crippen molar-refractivity contribution in [2.45, 2.75) is 43.7 Å². The van der Waals surface area contributed by atoms with E-state index in [1.807, 2.05) is 12.1 Å². The minimum atomic E-state index is -0.0951. The largest absolute Gasteiger partial charge is 0.378 e. The summed E-state index contributed by atoms with van der Waals surface area (Å²) in [7, 11) is 1.78. The quantitative estimate of drug-likeness (QED) is 0.826. The van der Waals surface area contributed by atoms with Crippen LogP contribution >= 0.6 is 12.4 Å². The van der Waals surface area contributed by atoms with Crippen molar-refractivity contribution < 1.29 is 9.53 Å². The summed E-state index contributed by atoms with van der Waals surface area (Å²) < 4.78 is 6.02. The van der Waals surface area contributed by atoms with E-state index < -0.39 is 0 Å². The minimum Gasteiger partial charge on any atom is -0.378 e. The van der Waals surface area contributed by atoms with Crippen LogP contribution in [-0.2, 0) is 21.4 Å². The van der Waals surface area contributed by atoms with Crippen LogP contribution in [0.4, 0.5) is 0 Å². The van der Waals surface area contributed by atoms with Crippen LogP contribution in [0.1, 0.15) is 41.1 Å². The van der Waals surface area contributed by atoms with Gasteiger partial charge in [-0.2, -0.15) is 0 Å². The molecule has 5 heteroatoms. The SMILES string of the molecule is CO[C@H]1[C@H](NC(=O)Cc2ccc(C)cc2)c2ccccc2C12CCNCC2.Cl. The number of methoxy groups -OCH3 is 1. The zero-order valence-corrected chi connectivity index (χ0v) is 17.4. The second-order valence-corrected chi connectivity index (χ2v) is 7.86. The highest BCUT2D eigenvalue weighted by Gasteiger charge is 2.53. The van der Waals surface area contributed by atoms with Crippen LogP contribution in [0.5, 0.6) is 0 Å². The van der Waals surface area contributed by atoms with Crippen molar-refractivity contribution >= 4 is 18.3 Å². The fourth-order valence-corrected chi connectivity index (χ4v) is 4.91. The van der Waals surface area contributed by atoms with Gasteiger partial charge in [0.25, 0.3) is 0 Å². The Kier molecular flexibility index (Phi) is 6.43. The number of benzene rings is 2. The molecule has 0 bridgehead atoms. The Morgan fingerprint density at radius 3 is 2.50 bits per heavy atom. The highest BCUT2D eigenvalue weighted by molar-refractivity contribution is 5.85. The van der Waals surface area contributed by atoms with Gasteiger partial charge in [-0.25, -0.2) is 0 Å². The normalized spacial score (nSPS) is 22.4. The maximum Gasteiger partial charge on any atom is 0.224 e. The Bertz CT molecular complexity index is 816. The topological polar surface area (TPSA) is 50.4 Å². The smallest absolute Gasteiger partial charge is 0.224 e. The lowest BCUT2D eigenvalue weighted by Gasteiger charge is -2.40. The molecule has 1 spiro atoms. The molecule has 4 nitrogen and oxygen atoms in total. The van der Waals surface area contributed by atoms with Crippen molar-refractivity contribution in [3.8, 4) is 0 Å². The number of rotatable bonds is 4. The summed E-state index contributed by atoms with van der Waals surface area (Å²) in [6, 6.07) is 16.6. The van der Waals surface area contributed by atoms with E-state index in [2.05, 4.69) is 54.0 Å². The van der Waals surface area contributed by atoms with E-state index in [4.69, 9.17) is 4.74 Å². The summed E-state index contributed by atoms with van der Waals surface area (Å²) in [6.07, 6.45) is 2.43. The minimum absolute atomic E-state index is 0. The van der Waals surface area contributed by atoms with E-state index in [0.717, 1.165) is 31.5 Å². The van der Waals surface area contributed by atoms with Crippen LogP contribution in [0.3, 0.4) is 0 Å². The van der Waals surface area contributed by atoms with E-state index in [1.165, 1.54) is 16.7 Å². The first kappa shape index (κ1) is 20.8.